The molecule has 1 rings (SSSR count). The van der Waals surface area contributed by atoms with Gasteiger partial charge < -0.3 is 4.74 Å². The molecule has 0 spiro atoms. The Morgan fingerprint density at radius 3 is 2.81 bits per heavy atom. The van der Waals surface area contributed by atoms with E-state index >= 15 is 0 Å². The van der Waals surface area contributed by atoms with Crippen LogP contribution in [-0.4, -0.2) is 23.3 Å². The zero-order chi connectivity index (χ0) is 12.1. The molecule has 4 nitrogen and oxygen atoms in total. The average molecular weight is 289 g/mol. The van der Waals surface area contributed by atoms with Crippen molar-refractivity contribution in [2.75, 3.05) is 13.7 Å². The molecule has 0 aliphatic rings. The van der Waals surface area contributed by atoms with Crippen LogP contribution < -0.4 is 5.56 Å². The Hall–Kier alpha value is -0.680. The summed E-state index contributed by atoms with van der Waals surface area (Å²) in [6.07, 6.45) is 2.39. The van der Waals surface area contributed by atoms with E-state index in [-0.39, 0.29) is 5.56 Å². The summed E-state index contributed by atoms with van der Waals surface area (Å²) >= 11 is 3.31. The van der Waals surface area contributed by atoms with E-state index < -0.39 is 0 Å². The van der Waals surface area contributed by atoms with Crippen LogP contribution in [0, 0.1) is 5.92 Å². The van der Waals surface area contributed by atoms with Crippen molar-refractivity contribution in [3.05, 3.63) is 26.8 Å². The molecule has 0 unspecified atom stereocenters. The fourth-order valence-electron chi connectivity index (χ4n) is 1.38. The highest BCUT2D eigenvalue weighted by Gasteiger charge is 2.10. The second kappa shape index (κ2) is 6.15. The summed E-state index contributed by atoms with van der Waals surface area (Å²) < 4.78 is 7.05. The van der Waals surface area contributed by atoms with Gasteiger partial charge in [-0.3, -0.25) is 9.36 Å². The molecule has 16 heavy (non-hydrogen) atoms. The predicted molar refractivity (Wildman–Crippen MR) is 66.6 cm³/mol. The number of halogens is 1. The molecule has 1 aromatic heterocycles. The van der Waals surface area contributed by atoms with Gasteiger partial charge in [0.2, 0.25) is 0 Å². The van der Waals surface area contributed by atoms with Gasteiger partial charge in [-0.05, 0) is 28.3 Å². The molecule has 0 saturated carbocycles. The number of hydrogen-bond acceptors (Lipinski definition) is 3. The molecular formula is C11H17BrN2O2. The lowest BCUT2D eigenvalue weighted by molar-refractivity contribution is 0.185. The minimum Gasteiger partial charge on any atom is -0.383 e. The maximum absolute atomic E-state index is 11.9. The topological polar surface area (TPSA) is 44.1 Å². The third-order valence-corrected chi connectivity index (χ3v) is 2.99. The van der Waals surface area contributed by atoms with Gasteiger partial charge in [0.25, 0.3) is 5.56 Å². The second-order valence-corrected chi connectivity index (χ2v) is 4.89. The van der Waals surface area contributed by atoms with Crippen LogP contribution in [0.4, 0.5) is 0 Å². The molecule has 90 valence electrons. The van der Waals surface area contributed by atoms with E-state index in [9.17, 15) is 4.79 Å². The van der Waals surface area contributed by atoms with Crippen LogP contribution in [0.1, 0.15) is 19.5 Å². The van der Waals surface area contributed by atoms with E-state index in [0.29, 0.717) is 23.5 Å². The zero-order valence-corrected chi connectivity index (χ0v) is 11.5. The third kappa shape index (κ3) is 3.42. The summed E-state index contributed by atoms with van der Waals surface area (Å²) in [6, 6.07) is 0. The predicted octanol–water partition coefficient (Wildman–Crippen LogP) is 1.85. The first-order chi connectivity index (χ1) is 7.56. The van der Waals surface area contributed by atoms with Gasteiger partial charge in [0.05, 0.1) is 25.2 Å². The van der Waals surface area contributed by atoms with E-state index in [4.69, 9.17) is 4.74 Å². The largest absolute Gasteiger partial charge is 0.383 e. The van der Waals surface area contributed by atoms with Gasteiger partial charge in [-0.15, -0.1) is 0 Å². The van der Waals surface area contributed by atoms with Crippen molar-refractivity contribution in [3.63, 3.8) is 0 Å². The summed E-state index contributed by atoms with van der Waals surface area (Å²) in [6.45, 7) is 5.25. The second-order valence-electron chi connectivity index (χ2n) is 4.09. The number of rotatable bonds is 5. The number of nitrogens with zero attached hydrogens (tertiary/aromatic N) is 2. The average Bonchev–Trinajstić information content (AvgIpc) is 2.23. The summed E-state index contributed by atoms with van der Waals surface area (Å²) in [7, 11) is 1.61. The van der Waals surface area contributed by atoms with Gasteiger partial charge in [0.1, 0.15) is 4.47 Å². The molecule has 0 aromatic carbocycles. The van der Waals surface area contributed by atoms with Gasteiger partial charge in [-0.1, -0.05) is 13.8 Å². The lowest BCUT2D eigenvalue weighted by Crippen LogP contribution is -2.25. The van der Waals surface area contributed by atoms with Gasteiger partial charge in [-0.2, -0.15) is 0 Å². The first-order valence-electron chi connectivity index (χ1n) is 5.29. The fraction of sp³-hybridized carbons (Fsp3) is 0.636. The Morgan fingerprint density at radius 2 is 2.25 bits per heavy atom. The molecule has 0 saturated heterocycles. The smallest absolute Gasteiger partial charge is 0.267 e. The van der Waals surface area contributed by atoms with Gasteiger partial charge >= 0.3 is 0 Å². The molecule has 0 aliphatic heterocycles. The minimum absolute atomic E-state index is 0.0392. The standard InChI is InChI=1S/C11H17BrN2O2/c1-8(2)6-9-10(12)11(15)14(7-13-9)4-5-16-3/h7-8H,4-6H2,1-3H3. The molecule has 5 heteroatoms. The van der Waals surface area contributed by atoms with Crippen LogP contribution in [0.2, 0.25) is 0 Å². The summed E-state index contributed by atoms with van der Waals surface area (Å²) in [4.78, 5) is 16.2. The van der Waals surface area contributed by atoms with Crippen LogP contribution in [0.15, 0.2) is 15.6 Å². The van der Waals surface area contributed by atoms with E-state index in [1.165, 1.54) is 0 Å². The number of hydrogen-bond donors (Lipinski definition) is 0. The molecule has 0 amide bonds. The zero-order valence-electron chi connectivity index (χ0n) is 9.86. The van der Waals surface area contributed by atoms with Crippen LogP contribution in [0.25, 0.3) is 0 Å². The first kappa shape index (κ1) is 13.4. The molecule has 0 aliphatic carbocycles. The van der Waals surface area contributed by atoms with Gasteiger partial charge in [-0.25, -0.2) is 4.98 Å². The van der Waals surface area contributed by atoms with Crippen LogP contribution in [0.3, 0.4) is 0 Å². The molecule has 0 fully saturated rings. The lowest BCUT2D eigenvalue weighted by atomic mass is 10.1. The SMILES string of the molecule is COCCn1cnc(CC(C)C)c(Br)c1=O. The van der Waals surface area contributed by atoms with Gasteiger partial charge in [0, 0.05) is 7.11 Å². The van der Waals surface area contributed by atoms with Crippen molar-refractivity contribution in [2.24, 2.45) is 5.92 Å². The van der Waals surface area contributed by atoms with Gasteiger partial charge in [0.15, 0.2) is 0 Å². The lowest BCUT2D eigenvalue weighted by Gasteiger charge is -2.09. The van der Waals surface area contributed by atoms with Crippen molar-refractivity contribution < 1.29 is 4.74 Å². The van der Waals surface area contributed by atoms with E-state index in [1.54, 1.807) is 18.0 Å². The molecular weight excluding hydrogens is 272 g/mol. The molecule has 0 bridgehead atoms. The maximum Gasteiger partial charge on any atom is 0.267 e. The highest BCUT2D eigenvalue weighted by molar-refractivity contribution is 9.10. The molecule has 0 atom stereocenters. The first-order valence-corrected chi connectivity index (χ1v) is 6.08. The molecule has 0 N–H and O–H groups in total. The van der Waals surface area contributed by atoms with Crippen LogP contribution >= 0.6 is 15.9 Å². The van der Waals surface area contributed by atoms with Crippen molar-refractivity contribution >= 4 is 15.9 Å². The number of methoxy groups -OCH3 is 1. The highest BCUT2D eigenvalue weighted by atomic mass is 79.9. The minimum atomic E-state index is -0.0392. The van der Waals surface area contributed by atoms with E-state index in [2.05, 4.69) is 34.8 Å². The Bertz CT molecular complexity index is 401. The van der Waals surface area contributed by atoms with E-state index in [0.717, 1.165) is 12.1 Å². The Kier molecular flexibility index (Phi) is 5.15. The normalized spacial score (nSPS) is 11.1. The summed E-state index contributed by atoms with van der Waals surface area (Å²) in [5.74, 6) is 0.484. The third-order valence-electron chi connectivity index (χ3n) is 2.19. The summed E-state index contributed by atoms with van der Waals surface area (Å²) in [5.41, 5.74) is 0.788. The Morgan fingerprint density at radius 1 is 1.56 bits per heavy atom. The quantitative estimate of drug-likeness (QED) is 0.831. The summed E-state index contributed by atoms with van der Waals surface area (Å²) in [5, 5.41) is 0. The maximum atomic E-state index is 11.9. The molecule has 0 radical (unpaired) electrons. The van der Waals surface area contributed by atoms with Crippen LogP contribution in [-0.2, 0) is 17.7 Å². The van der Waals surface area contributed by atoms with Crippen LogP contribution in [0.5, 0.6) is 0 Å². The number of ether oxygens (including phenoxy) is 1. The fourth-order valence-corrected chi connectivity index (χ4v) is 1.87. The monoisotopic (exact) mass is 288 g/mol. The highest BCUT2D eigenvalue weighted by Crippen LogP contribution is 2.13. The van der Waals surface area contributed by atoms with Crippen molar-refractivity contribution in [2.45, 2.75) is 26.8 Å². The van der Waals surface area contributed by atoms with Crippen molar-refractivity contribution in [3.8, 4) is 0 Å². The molecule has 1 heterocycles. The van der Waals surface area contributed by atoms with Crippen molar-refractivity contribution in [1.82, 2.24) is 9.55 Å². The Labute approximate surface area is 104 Å². The van der Waals surface area contributed by atoms with Crippen molar-refractivity contribution in [1.29, 1.82) is 0 Å². The number of aromatic nitrogens is 2. The van der Waals surface area contributed by atoms with E-state index in [1.807, 2.05) is 0 Å². The Balaban J connectivity index is 2.94. The molecule has 1 aromatic rings.